The van der Waals surface area contributed by atoms with E-state index in [0.717, 1.165) is 10.5 Å². The maximum Gasteiger partial charge on any atom is 0.261 e. The summed E-state index contributed by atoms with van der Waals surface area (Å²) in [6.45, 7) is 0.187. The van der Waals surface area contributed by atoms with E-state index >= 15 is 0 Å². The zero-order valence-corrected chi connectivity index (χ0v) is 14.9. The first-order valence-electron chi connectivity index (χ1n) is 7.50. The molecule has 0 bridgehead atoms. The van der Waals surface area contributed by atoms with Crippen LogP contribution in [-0.2, 0) is 16.4 Å². The second-order valence-corrected chi connectivity index (χ2v) is 7.86. The smallest absolute Gasteiger partial charge is 0.261 e. The number of carbonyl (C=O) groups excluding carboxylic acids is 2. The molecule has 1 heterocycles. The molecule has 0 saturated carbocycles. The first kappa shape index (κ1) is 17.6. The molecule has 0 unspecified atom stereocenters. The lowest BCUT2D eigenvalue weighted by Crippen LogP contribution is -2.26. The van der Waals surface area contributed by atoms with Crippen LogP contribution in [0.3, 0.4) is 0 Å². The number of imide groups is 1. The van der Waals surface area contributed by atoms with Gasteiger partial charge in [0.05, 0.1) is 16.0 Å². The molecule has 2 aromatic rings. The molecule has 0 saturated heterocycles. The number of amides is 2. The standard InChI is InChI=1S/C17H15ClN2O4S/c1-20-16(21)14-6-5-13(10-15(14)17(20)22)25(23,24)19-8-7-11-3-2-4-12(18)9-11/h2-6,9-10,19H,7-8H2,1H3. The fraction of sp³-hybridized carbons (Fsp3) is 0.176. The van der Waals surface area contributed by atoms with Crippen LogP contribution >= 0.6 is 11.6 Å². The first-order valence-corrected chi connectivity index (χ1v) is 9.36. The highest BCUT2D eigenvalue weighted by Crippen LogP contribution is 2.24. The summed E-state index contributed by atoms with van der Waals surface area (Å²) in [4.78, 5) is 24.8. The summed E-state index contributed by atoms with van der Waals surface area (Å²) in [5.41, 5.74) is 1.22. The molecule has 3 rings (SSSR count). The number of halogens is 1. The predicted molar refractivity (Wildman–Crippen MR) is 93.2 cm³/mol. The highest BCUT2D eigenvalue weighted by Gasteiger charge is 2.33. The molecule has 1 aliphatic rings. The first-order chi connectivity index (χ1) is 11.8. The molecule has 1 N–H and O–H groups in total. The summed E-state index contributed by atoms with van der Waals surface area (Å²) in [6, 6.07) is 11.1. The van der Waals surface area contributed by atoms with Gasteiger partial charge in [-0.25, -0.2) is 13.1 Å². The van der Waals surface area contributed by atoms with Gasteiger partial charge in [0.1, 0.15) is 0 Å². The van der Waals surface area contributed by atoms with Crippen LogP contribution in [0, 0.1) is 0 Å². The number of nitrogens with one attached hydrogen (secondary N) is 1. The third kappa shape index (κ3) is 3.44. The molecule has 0 atom stereocenters. The van der Waals surface area contributed by atoms with Crippen molar-refractivity contribution in [3.63, 3.8) is 0 Å². The van der Waals surface area contributed by atoms with Crippen LogP contribution < -0.4 is 4.72 Å². The average Bonchev–Trinajstić information content (AvgIpc) is 2.79. The van der Waals surface area contributed by atoms with Crippen molar-refractivity contribution in [3.8, 4) is 0 Å². The number of carbonyl (C=O) groups is 2. The molecular weight excluding hydrogens is 364 g/mol. The van der Waals surface area contributed by atoms with Crippen LogP contribution in [0.15, 0.2) is 47.4 Å². The quantitative estimate of drug-likeness (QED) is 0.807. The number of hydrogen-bond donors (Lipinski definition) is 1. The van der Waals surface area contributed by atoms with Crippen molar-refractivity contribution in [2.75, 3.05) is 13.6 Å². The maximum atomic E-state index is 12.4. The fourth-order valence-corrected chi connectivity index (χ4v) is 3.88. The molecule has 0 aliphatic carbocycles. The van der Waals surface area contributed by atoms with Gasteiger partial charge in [0.2, 0.25) is 10.0 Å². The molecule has 1 aliphatic heterocycles. The highest BCUT2D eigenvalue weighted by molar-refractivity contribution is 7.89. The van der Waals surface area contributed by atoms with Crippen LogP contribution in [0.4, 0.5) is 0 Å². The third-order valence-electron chi connectivity index (χ3n) is 3.97. The van der Waals surface area contributed by atoms with Crippen LogP contribution in [0.1, 0.15) is 26.3 Å². The number of benzene rings is 2. The van der Waals surface area contributed by atoms with E-state index in [1.807, 2.05) is 6.07 Å². The lowest BCUT2D eigenvalue weighted by Gasteiger charge is -2.08. The Bertz CT molecular complexity index is 972. The maximum absolute atomic E-state index is 12.4. The average molecular weight is 379 g/mol. The Labute approximate surface area is 150 Å². The normalized spacial score (nSPS) is 14.1. The molecule has 130 valence electrons. The second-order valence-electron chi connectivity index (χ2n) is 5.65. The van der Waals surface area contributed by atoms with Gasteiger partial charge < -0.3 is 0 Å². The highest BCUT2D eigenvalue weighted by atomic mass is 35.5. The van der Waals surface area contributed by atoms with Gasteiger partial charge in [-0.2, -0.15) is 0 Å². The molecular formula is C17H15ClN2O4S. The van der Waals surface area contributed by atoms with E-state index in [-0.39, 0.29) is 22.6 Å². The Morgan fingerprint density at radius 2 is 1.76 bits per heavy atom. The summed E-state index contributed by atoms with van der Waals surface area (Å²) in [6.07, 6.45) is 0.477. The minimum Gasteiger partial charge on any atom is -0.277 e. The van der Waals surface area contributed by atoms with E-state index in [0.29, 0.717) is 11.4 Å². The largest absolute Gasteiger partial charge is 0.277 e. The van der Waals surface area contributed by atoms with E-state index in [9.17, 15) is 18.0 Å². The number of fused-ring (bicyclic) bond motifs is 1. The van der Waals surface area contributed by atoms with Gasteiger partial charge in [-0.15, -0.1) is 0 Å². The second kappa shape index (κ2) is 6.59. The number of rotatable bonds is 5. The minimum absolute atomic E-state index is 0.0474. The van der Waals surface area contributed by atoms with Gasteiger partial charge in [-0.3, -0.25) is 14.5 Å². The zero-order chi connectivity index (χ0) is 18.2. The lowest BCUT2D eigenvalue weighted by atomic mass is 10.1. The molecule has 8 heteroatoms. The molecule has 6 nitrogen and oxygen atoms in total. The van der Waals surface area contributed by atoms with Gasteiger partial charge in [0, 0.05) is 18.6 Å². The predicted octanol–water partition coefficient (Wildman–Crippen LogP) is 2.09. The fourth-order valence-electron chi connectivity index (χ4n) is 2.61. The van der Waals surface area contributed by atoms with Crippen molar-refractivity contribution in [3.05, 3.63) is 64.2 Å². The third-order valence-corrected chi connectivity index (χ3v) is 5.66. The van der Waals surface area contributed by atoms with E-state index < -0.39 is 21.8 Å². The van der Waals surface area contributed by atoms with Crippen LogP contribution in [-0.4, -0.2) is 38.7 Å². The summed E-state index contributed by atoms with van der Waals surface area (Å²) in [5.74, 6) is -0.936. The van der Waals surface area contributed by atoms with E-state index in [4.69, 9.17) is 11.6 Å². The van der Waals surface area contributed by atoms with Gasteiger partial charge in [-0.05, 0) is 42.3 Å². The Morgan fingerprint density at radius 3 is 2.48 bits per heavy atom. The van der Waals surface area contributed by atoms with Crippen molar-refractivity contribution in [2.45, 2.75) is 11.3 Å². The molecule has 25 heavy (non-hydrogen) atoms. The van der Waals surface area contributed by atoms with Gasteiger partial charge in [-0.1, -0.05) is 23.7 Å². The van der Waals surface area contributed by atoms with Gasteiger partial charge in [0.25, 0.3) is 11.8 Å². The Kier molecular flexibility index (Phi) is 4.64. The monoisotopic (exact) mass is 378 g/mol. The summed E-state index contributed by atoms with van der Waals surface area (Å²) >= 11 is 5.90. The number of sulfonamides is 1. The number of nitrogens with zero attached hydrogens (tertiary/aromatic N) is 1. The molecule has 0 aromatic heterocycles. The van der Waals surface area contributed by atoms with Crippen molar-refractivity contribution in [2.24, 2.45) is 0 Å². The number of hydrogen-bond acceptors (Lipinski definition) is 4. The van der Waals surface area contributed by atoms with Crippen molar-refractivity contribution in [1.29, 1.82) is 0 Å². The van der Waals surface area contributed by atoms with E-state index in [1.165, 1.54) is 25.2 Å². The van der Waals surface area contributed by atoms with Crippen LogP contribution in [0.25, 0.3) is 0 Å². The van der Waals surface area contributed by atoms with E-state index in [1.54, 1.807) is 18.2 Å². The van der Waals surface area contributed by atoms with Crippen molar-refractivity contribution < 1.29 is 18.0 Å². The van der Waals surface area contributed by atoms with Crippen molar-refractivity contribution in [1.82, 2.24) is 9.62 Å². The van der Waals surface area contributed by atoms with Crippen LogP contribution in [0.5, 0.6) is 0 Å². The molecule has 0 spiro atoms. The lowest BCUT2D eigenvalue weighted by molar-refractivity contribution is 0.0693. The van der Waals surface area contributed by atoms with Crippen molar-refractivity contribution >= 4 is 33.4 Å². The Morgan fingerprint density at radius 1 is 1.04 bits per heavy atom. The van der Waals surface area contributed by atoms with Gasteiger partial charge in [0.15, 0.2) is 0 Å². The summed E-state index contributed by atoms with van der Waals surface area (Å²) in [7, 11) is -2.42. The molecule has 0 fully saturated rings. The van der Waals surface area contributed by atoms with Crippen LogP contribution in [0.2, 0.25) is 5.02 Å². The molecule has 0 radical (unpaired) electrons. The SMILES string of the molecule is CN1C(=O)c2ccc(S(=O)(=O)NCCc3cccc(Cl)c3)cc2C1=O. The Hall–Kier alpha value is -2.22. The topological polar surface area (TPSA) is 83.6 Å². The van der Waals surface area contributed by atoms with Gasteiger partial charge >= 0.3 is 0 Å². The minimum atomic E-state index is -3.79. The zero-order valence-electron chi connectivity index (χ0n) is 13.3. The Balaban J connectivity index is 1.75. The summed E-state index contributed by atoms with van der Waals surface area (Å²) in [5, 5.41) is 0.589. The summed E-state index contributed by atoms with van der Waals surface area (Å²) < 4.78 is 27.3. The van der Waals surface area contributed by atoms with E-state index in [2.05, 4.69) is 4.72 Å². The molecule has 2 amide bonds. The molecule has 2 aromatic carbocycles.